The molecule has 2 amide bonds. The number of nitrogens with one attached hydrogen (secondary N) is 1. The molecule has 1 aliphatic rings. The highest BCUT2D eigenvalue weighted by Crippen LogP contribution is 2.25. The third-order valence-corrected chi connectivity index (χ3v) is 6.39. The number of carbonyl (C=O) groups excluding carboxylic acids is 2. The van der Waals surface area contributed by atoms with Crippen LogP contribution in [0.1, 0.15) is 37.5 Å². The van der Waals surface area contributed by atoms with Gasteiger partial charge in [-0.1, -0.05) is 30.3 Å². The highest BCUT2D eigenvalue weighted by atomic mass is 32.2. The first-order chi connectivity index (χ1) is 14.3. The molecular weight excluding hydrogens is 402 g/mol. The minimum absolute atomic E-state index is 0.0404. The molecule has 8 heteroatoms. The predicted octanol–water partition coefficient (Wildman–Crippen LogP) is 3.30. The van der Waals surface area contributed by atoms with Crippen LogP contribution in [0, 0.1) is 13.8 Å². The van der Waals surface area contributed by atoms with Crippen molar-refractivity contribution in [3.05, 3.63) is 88.7 Å². The third kappa shape index (κ3) is 3.46. The SMILES string of the molecule is Cc1cccc(C)c1NS(=O)(=O)c1ccc(CN2C(=O)c3cccnc3C2=O)cc1. The number of fused-ring (bicyclic) bond motifs is 1. The molecule has 0 aliphatic carbocycles. The molecule has 7 nitrogen and oxygen atoms in total. The number of hydrogen-bond acceptors (Lipinski definition) is 5. The Morgan fingerprint density at radius 3 is 2.20 bits per heavy atom. The molecular formula is C22H19N3O4S. The van der Waals surface area contributed by atoms with Crippen molar-refractivity contribution in [1.29, 1.82) is 0 Å². The molecule has 0 unspecified atom stereocenters. The number of nitrogens with zero attached hydrogens (tertiary/aromatic N) is 2. The van der Waals surface area contributed by atoms with Crippen molar-refractivity contribution in [1.82, 2.24) is 9.88 Å². The van der Waals surface area contributed by atoms with Crippen molar-refractivity contribution in [2.75, 3.05) is 4.72 Å². The van der Waals surface area contributed by atoms with Gasteiger partial charge in [-0.2, -0.15) is 0 Å². The van der Waals surface area contributed by atoms with Gasteiger partial charge in [0.15, 0.2) is 0 Å². The van der Waals surface area contributed by atoms with Gasteiger partial charge >= 0.3 is 0 Å². The lowest BCUT2D eigenvalue weighted by atomic mass is 10.1. The van der Waals surface area contributed by atoms with E-state index in [2.05, 4.69) is 9.71 Å². The van der Waals surface area contributed by atoms with Crippen LogP contribution in [-0.2, 0) is 16.6 Å². The van der Waals surface area contributed by atoms with E-state index >= 15 is 0 Å². The Bertz CT molecular complexity index is 1210. The average Bonchev–Trinajstić information content (AvgIpc) is 2.96. The Morgan fingerprint density at radius 1 is 0.900 bits per heavy atom. The zero-order valence-electron chi connectivity index (χ0n) is 16.4. The summed E-state index contributed by atoms with van der Waals surface area (Å²) in [6.45, 7) is 3.72. The van der Waals surface area contributed by atoms with Crippen LogP contribution in [0.3, 0.4) is 0 Å². The first-order valence-electron chi connectivity index (χ1n) is 9.27. The van der Waals surface area contributed by atoms with E-state index in [0.717, 1.165) is 16.0 Å². The molecule has 30 heavy (non-hydrogen) atoms. The number of hydrogen-bond donors (Lipinski definition) is 1. The maximum Gasteiger partial charge on any atom is 0.280 e. The highest BCUT2D eigenvalue weighted by molar-refractivity contribution is 7.92. The van der Waals surface area contributed by atoms with Gasteiger partial charge in [0.05, 0.1) is 22.7 Å². The summed E-state index contributed by atoms with van der Waals surface area (Å²) in [5.74, 6) is -0.861. The quantitative estimate of drug-likeness (QED) is 0.638. The molecule has 1 N–H and O–H groups in total. The molecule has 152 valence electrons. The molecule has 0 radical (unpaired) electrons. The second kappa shape index (κ2) is 7.38. The average molecular weight is 421 g/mol. The fraction of sp³-hybridized carbons (Fsp3) is 0.136. The number of benzene rings is 2. The van der Waals surface area contributed by atoms with Crippen LogP contribution in [0.5, 0.6) is 0 Å². The first-order valence-corrected chi connectivity index (χ1v) is 10.8. The van der Waals surface area contributed by atoms with E-state index in [1.165, 1.54) is 18.3 Å². The number of para-hydroxylation sites is 1. The van der Waals surface area contributed by atoms with Crippen molar-refractivity contribution in [2.24, 2.45) is 0 Å². The number of aromatic nitrogens is 1. The van der Waals surface area contributed by atoms with Crippen LogP contribution in [0.4, 0.5) is 5.69 Å². The molecule has 2 heterocycles. The summed E-state index contributed by atoms with van der Waals surface area (Å²) in [6, 6.07) is 14.8. The number of sulfonamides is 1. The maximum atomic E-state index is 12.8. The van der Waals surface area contributed by atoms with Crippen LogP contribution >= 0.6 is 0 Å². The zero-order valence-corrected chi connectivity index (χ0v) is 17.2. The topological polar surface area (TPSA) is 96.4 Å². The van der Waals surface area contributed by atoms with E-state index in [1.807, 2.05) is 32.0 Å². The van der Waals surface area contributed by atoms with Gasteiger partial charge in [0.2, 0.25) is 0 Å². The van der Waals surface area contributed by atoms with Crippen molar-refractivity contribution in [3.63, 3.8) is 0 Å². The van der Waals surface area contributed by atoms with Gasteiger partial charge in [-0.3, -0.25) is 24.2 Å². The number of carbonyl (C=O) groups is 2. The minimum atomic E-state index is -3.78. The summed E-state index contributed by atoms with van der Waals surface area (Å²) in [7, 11) is -3.78. The number of amides is 2. The largest absolute Gasteiger partial charge is 0.280 e. The summed E-state index contributed by atoms with van der Waals surface area (Å²) in [5.41, 5.74) is 3.26. The number of imide groups is 1. The molecule has 3 aromatic rings. The number of rotatable bonds is 5. The Kier molecular flexibility index (Phi) is 4.87. The van der Waals surface area contributed by atoms with Crippen molar-refractivity contribution < 1.29 is 18.0 Å². The number of pyridine rings is 1. The molecule has 0 fully saturated rings. The fourth-order valence-corrected chi connectivity index (χ4v) is 4.59. The maximum absolute atomic E-state index is 12.8. The second-order valence-electron chi connectivity index (χ2n) is 7.11. The Morgan fingerprint density at radius 2 is 1.57 bits per heavy atom. The van der Waals surface area contributed by atoms with E-state index < -0.39 is 21.8 Å². The molecule has 0 spiro atoms. The molecule has 0 bridgehead atoms. The van der Waals surface area contributed by atoms with Crippen LogP contribution in [0.25, 0.3) is 0 Å². The lowest BCUT2D eigenvalue weighted by Gasteiger charge is -2.15. The highest BCUT2D eigenvalue weighted by Gasteiger charge is 2.36. The molecule has 0 saturated heterocycles. The minimum Gasteiger partial charge on any atom is -0.279 e. The summed E-state index contributed by atoms with van der Waals surface area (Å²) < 4.78 is 28.2. The third-order valence-electron chi connectivity index (χ3n) is 5.02. The fourth-order valence-electron chi connectivity index (χ4n) is 3.38. The summed E-state index contributed by atoms with van der Waals surface area (Å²) in [5, 5.41) is 0. The Labute approximate surface area is 174 Å². The number of aryl methyl sites for hydroxylation is 2. The smallest absolute Gasteiger partial charge is 0.279 e. The molecule has 0 atom stereocenters. The van der Waals surface area contributed by atoms with E-state index in [4.69, 9.17) is 0 Å². The van der Waals surface area contributed by atoms with Gasteiger partial charge < -0.3 is 0 Å². The van der Waals surface area contributed by atoms with Crippen molar-refractivity contribution in [2.45, 2.75) is 25.3 Å². The van der Waals surface area contributed by atoms with Crippen LogP contribution < -0.4 is 4.72 Å². The molecule has 4 rings (SSSR count). The summed E-state index contributed by atoms with van der Waals surface area (Å²) in [4.78, 5) is 30.1. The Balaban J connectivity index is 1.54. The number of anilines is 1. The van der Waals surface area contributed by atoms with Gasteiger partial charge in [0.1, 0.15) is 5.69 Å². The van der Waals surface area contributed by atoms with E-state index in [-0.39, 0.29) is 22.7 Å². The normalized spacial score (nSPS) is 13.5. The van der Waals surface area contributed by atoms with Gasteiger partial charge in [-0.25, -0.2) is 8.42 Å². The monoisotopic (exact) mass is 421 g/mol. The van der Waals surface area contributed by atoms with Crippen molar-refractivity contribution in [3.8, 4) is 0 Å². The second-order valence-corrected chi connectivity index (χ2v) is 8.79. The van der Waals surface area contributed by atoms with Gasteiger partial charge in [-0.05, 0) is 54.8 Å². The summed E-state index contributed by atoms with van der Waals surface area (Å²) >= 11 is 0. The predicted molar refractivity (Wildman–Crippen MR) is 112 cm³/mol. The first kappa shape index (κ1) is 19.8. The van der Waals surface area contributed by atoms with Crippen LogP contribution in [-0.4, -0.2) is 30.1 Å². The zero-order chi connectivity index (χ0) is 21.5. The van der Waals surface area contributed by atoms with Crippen LogP contribution in [0.2, 0.25) is 0 Å². The van der Waals surface area contributed by atoms with E-state index in [1.54, 1.807) is 24.3 Å². The summed E-state index contributed by atoms with van der Waals surface area (Å²) in [6.07, 6.45) is 1.47. The molecule has 0 saturated carbocycles. The standard InChI is InChI=1S/C22H19N3O4S/c1-14-5-3-6-15(2)19(14)24-30(28,29)17-10-8-16(9-11-17)13-25-21(26)18-7-4-12-23-20(18)22(25)27/h3-12,24H,13H2,1-2H3. The van der Waals surface area contributed by atoms with Crippen molar-refractivity contribution >= 4 is 27.5 Å². The van der Waals surface area contributed by atoms with E-state index in [0.29, 0.717) is 11.3 Å². The van der Waals surface area contributed by atoms with Gasteiger partial charge in [-0.15, -0.1) is 0 Å². The Hall–Kier alpha value is -3.52. The lowest BCUT2D eigenvalue weighted by Crippen LogP contribution is -2.29. The van der Waals surface area contributed by atoms with Crippen LogP contribution in [0.15, 0.2) is 65.7 Å². The van der Waals surface area contributed by atoms with E-state index in [9.17, 15) is 18.0 Å². The molecule has 2 aromatic carbocycles. The molecule has 1 aliphatic heterocycles. The molecule has 1 aromatic heterocycles. The van der Waals surface area contributed by atoms with Gasteiger partial charge in [0.25, 0.3) is 21.8 Å². The van der Waals surface area contributed by atoms with Gasteiger partial charge in [0, 0.05) is 6.20 Å². The lowest BCUT2D eigenvalue weighted by molar-refractivity contribution is 0.0640.